The summed E-state index contributed by atoms with van der Waals surface area (Å²) < 4.78 is 0. The Morgan fingerprint density at radius 1 is 1.22 bits per heavy atom. The van der Waals surface area contributed by atoms with Gasteiger partial charge in [-0.2, -0.15) is 0 Å². The number of halogens is 1. The number of anilines is 2. The van der Waals surface area contributed by atoms with Crippen molar-refractivity contribution >= 4 is 23.1 Å². The first kappa shape index (κ1) is 12.7. The largest absolute Gasteiger partial charge is 0.399 e. The molecule has 1 aromatic carbocycles. The monoisotopic (exact) mass is 261 g/mol. The number of pyridine rings is 1. The molecule has 18 heavy (non-hydrogen) atoms. The third-order valence-corrected chi connectivity index (χ3v) is 2.97. The highest BCUT2D eigenvalue weighted by molar-refractivity contribution is 6.29. The number of nitrogen functional groups attached to an aromatic ring is 1. The van der Waals surface area contributed by atoms with Gasteiger partial charge >= 0.3 is 0 Å². The number of hydrogen-bond acceptors (Lipinski definition) is 3. The zero-order chi connectivity index (χ0) is 13.0. The first-order valence-electron chi connectivity index (χ1n) is 5.83. The second-order valence-corrected chi connectivity index (χ2v) is 4.63. The van der Waals surface area contributed by atoms with Crippen molar-refractivity contribution in [2.24, 2.45) is 0 Å². The molecule has 0 saturated heterocycles. The van der Waals surface area contributed by atoms with Crippen LogP contribution in [0.3, 0.4) is 0 Å². The van der Waals surface area contributed by atoms with Gasteiger partial charge in [0.15, 0.2) is 0 Å². The molecule has 4 heteroatoms. The molecule has 0 aliphatic rings. The van der Waals surface area contributed by atoms with E-state index in [9.17, 15) is 0 Å². The second-order valence-electron chi connectivity index (χ2n) is 4.24. The summed E-state index contributed by atoms with van der Waals surface area (Å²) in [6.45, 7) is 0.872. The van der Waals surface area contributed by atoms with Crippen LogP contribution >= 0.6 is 11.6 Å². The van der Waals surface area contributed by atoms with Crippen LogP contribution in [0.25, 0.3) is 0 Å². The van der Waals surface area contributed by atoms with E-state index >= 15 is 0 Å². The smallest absolute Gasteiger partial charge is 0.133 e. The number of benzene rings is 1. The molecule has 94 valence electrons. The number of hydrogen-bond donors (Lipinski definition) is 1. The van der Waals surface area contributed by atoms with Gasteiger partial charge in [-0.05, 0) is 18.1 Å². The molecule has 0 bridgehead atoms. The van der Waals surface area contributed by atoms with Gasteiger partial charge in [0, 0.05) is 25.3 Å². The van der Waals surface area contributed by atoms with Gasteiger partial charge in [-0.1, -0.05) is 41.9 Å². The standard InChI is InChI=1S/C14H16ClN3/c1-18(8-7-11-5-3-2-4-6-11)14-10-12(16)9-13(15)17-14/h2-6,9-10H,7-8H2,1H3,(H2,16,17). The molecule has 0 amide bonds. The molecule has 0 radical (unpaired) electrons. The van der Waals surface area contributed by atoms with Crippen molar-refractivity contribution in [3.05, 3.63) is 53.2 Å². The Bertz CT molecular complexity index is 493. The van der Waals surface area contributed by atoms with Gasteiger partial charge in [-0.25, -0.2) is 4.98 Å². The molecule has 0 saturated carbocycles. The van der Waals surface area contributed by atoms with Crippen molar-refractivity contribution in [1.82, 2.24) is 4.98 Å². The number of aromatic nitrogens is 1. The summed E-state index contributed by atoms with van der Waals surface area (Å²) in [6, 6.07) is 13.8. The maximum atomic E-state index is 5.89. The highest BCUT2D eigenvalue weighted by Gasteiger charge is 2.05. The molecule has 2 rings (SSSR count). The average molecular weight is 262 g/mol. The number of likely N-dealkylation sites (N-methyl/N-ethyl adjacent to an activating group) is 1. The van der Waals surface area contributed by atoms with Crippen LogP contribution in [0.2, 0.25) is 5.15 Å². The Morgan fingerprint density at radius 3 is 2.61 bits per heavy atom. The summed E-state index contributed by atoms with van der Waals surface area (Å²) in [6.07, 6.45) is 0.964. The third-order valence-electron chi connectivity index (χ3n) is 2.77. The molecule has 0 fully saturated rings. The van der Waals surface area contributed by atoms with E-state index in [1.54, 1.807) is 6.07 Å². The summed E-state index contributed by atoms with van der Waals surface area (Å²) in [5, 5.41) is 0.427. The number of nitrogens with two attached hydrogens (primary N) is 1. The maximum Gasteiger partial charge on any atom is 0.133 e. The van der Waals surface area contributed by atoms with E-state index in [1.165, 1.54) is 5.56 Å². The molecule has 0 spiro atoms. The quantitative estimate of drug-likeness (QED) is 0.861. The van der Waals surface area contributed by atoms with Crippen molar-refractivity contribution < 1.29 is 0 Å². The van der Waals surface area contributed by atoms with Crippen molar-refractivity contribution in [2.75, 3.05) is 24.2 Å². The van der Waals surface area contributed by atoms with Crippen LogP contribution in [0.15, 0.2) is 42.5 Å². The molecule has 0 aliphatic carbocycles. The van der Waals surface area contributed by atoms with Crippen LogP contribution in [-0.4, -0.2) is 18.6 Å². The molecule has 0 aliphatic heterocycles. The van der Waals surface area contributed by atoms with Gasteiger partial charge in [0.2, 0.25) is 0 Å². The fourth-order valence-corrected chi connectivity index (χ4v) is 1.97. The molecule has 1 aromatic heterocycles. The SMILES string of the molecule is CN(CCc1ccccc1)c1cc(N)cc(Cl)n1. The Balaban J connectivity index is 2.01. The van der Waals surface area contributed by atoms with Crippen molar-refractivity contribution in [2.45, 2.75) is 6.42 Å². The summed E-state index contributed by atoms with van der Waals surface area (Å²) in [5.41, 5.74) is 7.69. The minimum absolute atomic E-state index is 0.427. The van der Waals surface area contributed by atoms with E-state index in [0.717, 1.165) is 18.8 Å². The molecule has 2 aromatic rings. The Hall–Kier alpha value is -1.74. The predicted molar refractivity (Wildman–Crippen MR) is 77.1 cm³/mol. The molecule has 1 heterocycles. The topological polar surface area (TPSA) is 42.1 Å². The van der Waals surface area contributed by atoms with Gasteiger partial charge in [0.25, 0.3) is 0 Å². The first-order valence-corrected chi connectivity index (χ1v) is 6.21. The normalized spacial score (nSPS) is 10.3. The van der Waals surface area contributed by atoms with Gasteiger partial charge in [-0.3, -0.25) is 0 Å². The van der Waals surface area contributed by atoms with Crippen molar-refractivity contribution in [3.63, 3.8) is 0 Å². The van der Waals surface area contributed by atoms with E-state index in [0.29, 0.717) is 10.8 Å². The van der Waals surface area contributed by atoms with Crippen molar-refractivity contribution in [1.29, 1.82) is 0 Å². The molecular weight excluding hydrogens is 246 g/mol. The van der Waals surface area contributed by atoms with Crippen LogP contribution in [0.1, 0.15) is 5.56 Å². The summed E-state index contributed by atoms with van der Waals surface area (Å²) in [4.78, 5) is 6.31. The first-order chi connectivity index (χ1) is 8.65. The van der Waals surface area contributed by atoms with E-state index in [-0.39, 0.29) is 0 Å². The zero-order valence-corrected chi connectivity index (χ0v) is 11.1. The van der Waals surface area contributed by atoms with E-state index in [1.807, 2.05) is 31.3 Å². The Kier molecular flexibility index (Phi) is 4.05. The lowest BCUT2D eigenvalue weighted by Crippen LogP contribution is -2.21. The maximum absolute atomic E-state index is 5.89. The summed E-state index contributed by atoms with van der Waals surface area (Å²) >= 11 is 5.89. The minimum Gasteiger partial charge on any atom is -0.399 e. The molecular formula is C14H16ClN3. The van der Waals surface area contributed by atoms with Crippen molar-refractivity contribution in [3.8, 4) is 0 Å². The fourth-order valence-electron chi connectivity index (χ4n) is 1.75. The van der Waals surface area contributed by atoms with E-state index < -0.39 is 0 Å². The molecule has 2 N–H and O–H groups in total. The lowest BCUT2D eigenvalue weighted by atomic mass is 10.1. The molecule has 3 nitrogen and oxygen atoms in total. The second kappa shape index (κ2) is 5.74. The fraction of sp³-hybridized carbons (Fsp3) is 0.214. The Labute approximate surface area is 112 Å². The van der Waals surface area contributed by atoms with Gasteiger partial charge in [0.05, 0.1) is 0 Å². The van der Waals surface area contributed by atoms with Crippen LogP contribution in [0.5, 0.6) is 0 Å². The van der Waals surface area contributed by atoms with Gasteiger partial charge in [-0.15, -0.1) is 0 Å². The van der Waals surface area contributed by atoms with Crippen LogP contribution in [0, 0.1) is 0 Å². The van der Waals surface area contributed by atoms with Crippen LogP contribution < -0.4 is 10.6 Å². The Morgan fingerprint density at radius 2 is 1.94 bits per heavy atom. The van der Waals surface area contributed by atoms with Gasteiger partial charge in [0.1, 0.15) is 11.0 Å². The highest BCUT2D eigenvalue weighted by atomic mass is 35.5. The van der Waals surface area contributed by atoms with Crippen LogP contribution in [0.4, 0.5) is 11.5 Å². The van der Waals surface area contributed by atoms with E-state index in [4.69, 9.17) is 17.3 Å². The third kappa shape index (κ3) is 3.37. The predicted octanol–water partition coefficient (Wildman–Crippen LogP) is 3.00. The summed E-state index contributed by atoms with van der Waals surface area (Å²) in [7, 11) is 1.99. The van der Waals surface area contributed by atoms with Crippen LogP contribution in [-0.2, 0) is 6.42 Å². The van der Waals surface area contributed by atoms with Gasteiger partial charge < -0.3 is 10.6 Å². The zero-order valence-electron chi connectivity index (χ0n) is 10.3. The number of nitrogens with zero attached hydrogens (tertiary/aromatic N) is 2. The average Bonchev–Trinajstić information content (AvgIpc) is 2.36. The summed E-state index contributed by atoms with van der Waals surface area (Å²) in [5.74, 6) is 0.802. The lowest BCUT2D eigenvalue weighted by molar-refractivity contribution is 0.860. The highest BCUT2D eigenvalue weighted by Crippen LogP contribution is 2.18. The molecule has 0 unspecified atom stereocenters. The van der Waals surface area contributed by atoms with E-state index in [2.05, 4.69) is 22.0 Å². The lowest BCUT2D eigenvalue weighted by Gasteiger charge is -2.18. The number of rotatable bonds is 4. The minimum atomic E-state index is 0.427. The molecule has 0 atom stereocenters.